The van der Waals surface area contributed by atoms with Gasteiger partial charge in [-0.1, -0.05) is 25.2 Å². The molecule has 2 bridgehead atoms. The number of rotatable bonds is 2. The summed E-state index contributed by atoms with van der Waals surface area (Å²) in [4.78, 5) is 50.7. The van der Waals surface area contributed by atoms with Crippen LogP contribution in [0.25, 0.3) is 0 Å². The maximum absolute atomic E-state index is 13.2. The Morgan fingerprint density at radius 2 is 1.85 bits per heavy atom. The summed E-state index contributed by atoms with van der Waals surface area (Å²) >= 11 is 6.70. The molecule has 0 aromatic carbocycles. The predicted molar refractivity (Wildman–Crippen MR) is 118 cm³/mol. The second-order valence-corrected chi connectivity index (χ2v) is 10.5. The van der Waals surface area contributed by atoms with Crippen LogP contribution >= 0.6 is 11.6 Å². The molecule has 10 heteroatoms. The van der Waals surface area contributed by atoms with Crippen LogP contribution in [0.3, 0.4) is 0 Å². The van der Waals surface area contributed by atoms with Gasteiger partial charge in [-0.25, -0.2) is 0 Å². The molecule has 3 fully saturated rings. The lowest BCUT2D eigenvalue weighted by Gasteiger charge is -2.63. The first-order valence-electron chi connectivity index (χ1n) is 11.2. The average Bonchev–Trinajstić information content (AvgIpc) is 2.96. The summed E-state index contributed by atoms with van der Waals surface area (Å²) < 4.78 is 23.7. The summed E-state index contributed by atoms with van der Waals surface area (Å²) in [6.07, 6.45) is -1.64. The highest BCUT2D eigenvalue weighted by Crippen LogP contribution is 2.61. The quantitative estimate of drug-likeness (QED) is 0.263. The van der Waals surface area contributed by atoms with Crippen molar-refractivity contribution in [3.8, 4) is 0 Å². The van der Waals surface area contributed by atoms with Crippen molar-refractivity contribution >= 4 is 35.3 Å². The largest absolute Gasteiger partial charge is 0.459 e. The highest BCUT2D eigenvalue weighted by Gasteiger charge is 2.77. The zero-order chi connectivity index (χ0) is 25.4. The van der Waals surface area contributed by atoms with Gasteiger partial charge in [0.2, 0.25) is 0 Å². The fraction of sp³-hybridized carbons (Fsp3) is 0.667. The van der Waals surface area contributed by atoms with E-state index in [1.165, 1.54) is 26.8 Å². The number of aliphatic hydroxyl groups is 1. The van der Waals surface area contributed by atoms with Crippen molar-refractivity contribution in [2.24, 2.45) is 17.3 Å². The highest BCUT2D eigenvalue weighted by molar-refractivity contribution is 6.23. The van der Waals surface area contributed by atoms with Gasteiger partial charge in [-0.2, -0.15) is 0 Å². The number of hydrogen-bond acceptors (Lipinski definition) is 9. The fourth-order valence-corrected chi connectivity index (χ4v) is 6.73. The maximum Gasteiger partial charge on any atom is 0.312 e. The first-order valence-corrected chi connectivity index (χ1v) is 11.6. The van der Waals surface area contributed by atoms with Crippen LogP contribution in [0.15, 0.2) is 24.3 Å². The lowest BCUT2D eigenvalue weighted by molar-refractivity contribution is -0.318. The minimum atomic E-state index is -1.79. The third-order valence-electron chi connectivity index (χ3n) is 7.88. The Morgan fingerprint density at radius 1 is 1.21 bits per heavy atom. The molecule has 0 saturated carbocycles. The molecule has 0 unspecified atom stereocenters. The highest BCUT2D eigenvalue weighted by atomic mass is 35.5. The number of halogens is 1. The fourth-order valence-electron chi connectivity index (χ4n) is 6.39. The van der Waals surface area contributed by atoms with Gasteiger partial charge in [-0.3, -0.25) is 19.2 Å². The van der Waals surface area contributed by atoms with Crippen LogP contribution in [-0.2, 0) is 38.1 Å². The molecule has 1 N–H and O–H groups in total. The van der Waals surface area contributed by atoms with Crippen LogP contribution < -0.4 is 0 Å². The standard InChI is InChI=1S/C24H29ClO9/c1-10-9-14(28)18-22(5)8-7-15(29)23(6,33-13(4)27)17(22)20(31-12(3)26)24(34-18)11(2)21(30)32-19(24)16(10)25/h7-8,11,14,16-20,28H,1,9H2,2-6H3/t11-,14+,16-,17+,18+,19-,20-,22-,23+,24-/m0/s1. The van der Waals surface area contributed by atoms with Gasteiger partial charge in [-0.15, -0.1) is 11.6 Å². The summed E-state index contributed by atoms with van der Waals surface area (Å²) in [5.74, 6) is -4.60. The lowest BCUT2D eigenvalue weighted by atomic mass is 9.52. The minimum absolute atomic E-state index is 0.0456. The van der Waals surface area contributed by atoms with E-state index in [0.29, 0.717) is 5.57 Å². The van der Waals surface area contributed by atoms with E-state index in [1.807, 2.05) is 0 Å². The molecule has 34 heavy (non-hydrogen) atoms. The molecule has 0 aromatic heterocycles. The monoisotopic (exact) mass is 496 g/mol. The van der Waals surface area contributed by atoms with Crippen molar-refractivity contribution in [2.75, 3.05) is 0 Å². The van der Waals surface area contributed by atoms with Gasteiger partial charge in [0, 0.05) is 19.3 Å². The Kier molecular flexibility index (Phi) is 5.78. The summed E-state index contributed by atoms with van der Waals surface area (Å²) in [5.41, 5.74) is -4.20. The van der Waals surface area contributed by atoms with Gasteiger partial charge < -0.3 is 24.1 Å². The number of fused-ring (bicyclic) bond motifs is 3. The number of esters is 3. The van der Waals surface area contributed by atoms with Crippen molar-refractivity contribution in [3.63, 3.8) is 0 Å². The van der Waals surface area contributed by atoms with Crippen LogP contribution in [0.1, 0.15) is 41.0 Å². The molecule has 4 aliphatic rings. The summed E-state index contributed by atoms with van der Waals surface area (Å²) in [6, 6.07) is 0. The van der Waals surface area contributed by atoms with Gasteiger partial charge in [-0.05, 0) is 26.3 Å². The molecule has 10 atom stereocenters. The molecule has 3 aliphatic heterocycles. The van der Waals surface area contributed by atoms with E-state index in [9.17, 15) is 24.3 Å². The van der Waals surface area contributed by atoms with E-state index in [4.69, 9.17) is 30.5 Å². The van der Waals surface area contributed by atoms with E-state index >= 15 is 0 Å². The number of carbonyl (C=O) groups excluding carboxylic acids is 4. The number of alkyl halides is 1. The van der Waals surface area contributed by atoms with Gasteiger partial charge in [0.05, 0.1) is 29.4 Å². The number of aliphatic hydroxyl groups excluding tert-OH is 1. The van der Waals surface area contributed by atoms with Crippen LogP contribution in [0.4, 0.5) is 0 Å². The molecule has 4 rings (SSSR count). The molecule has 3 saturated heterocycles. The first kappa shape index (κ1) is 24.9. The Morgan fingerprint density at radius 3 is 2.44 bits per heavy atom. The molecular weight excluding hydrogens is 468 g/mol. The second kappa shape index (κ2) is 7.90. The number of hydrogen-bond donors (Lipinski definition) is 1. The van der Waals surface area contributed by atoms with Crippen LogP contribution in [0, 0.1) is 17.3 Å². The maximum atomic E-state index is 13.2. The molecule has 0 radical (unpaired) electrons. The Bertz CT molecular complexity index is 1010. The Labute approximate surface area is 202 Å². The predicted octanol–water partition coefficient (Wildman–Crippen LogP) is 1.63. The molecule has 9 nitrogen and oxygen atoms in total. The van der Waals surface area contributed by atoms with Crippen molar-refractivity contribution < 1.29 is 43.2 Å². The van der Waals surface area contributed by atoms with Crippen LogP contribution in [0.2, 0.25) is 0 Å². The number of ether oxygens (including phenoxy) is 4. The van der Waals surface area contributed by atoms with Gasteiger partial charge in [0.1, 0.15) is 6.10 Å². The van der Waals surface area contributed by atoms with Crippen molar-refractivity contribution in [3.05, 3.63) is 24.3 Å². The molecule has 3 heterocycles. The van der Waals surface area contributed by atoms with Gasteiger partial charge in [0.25, 0.3) is 0 Å². The third kappa shape index (κ3) is 3.20. The first-order chi connectivity index (χ1) is 15.7. The van der Waals surface area contributed by atoms with Crippen LogP contribution in [-0.4, -0.2) is 69.8 Å². The Hall–Kier alpha value is -2.23. The topological polar surface area (TPSA) is 125 Å². The summed E-state index contributed by atoms with van der Waals surface area (Å²) in [7, 11) is 0. The minimum Gasteiger partial charge on any atom is -0.459 e. The third-order valence-corrected chi connectivity index (χ3v) is 8.42. The smallest absolute Gasteiger partial charge is 0.312 e. The molecule has 0 amide bonds. The zero-order valence-corrected chi connectivity index (χ0v) is 20.5. The molecule has 0 aromatic rings. The van der Waals surface area contributed by atoms with Crippen LogP contribution in [0.5, 0.6) is 0 Å². The normalized spacial score (nSPS) is 47.6. The zero-order valence-electron chi connectivity index (χ0n) is 19.7. The Balaban J connectivity index is 2.06. The molecule has 1 aliphatic carbocycles. The van der Waals surface area contributed by atoms with Crippen molar-refractivity contribution in [1.82, 2.24) is 0 Å². The summed E-state index contributed by atoms with van der Waals surface area (Å²) in [5, 5.41) is 10.3. The van der Waals surface area contributed by atoms with Gasteiger partial charge in [0.15, 0.2) is 23.1 Å². The van der Waals surface area contributed by atoms with E-state index in [0.717, 1.165) is 0 Å². The van der Waals surface area contributed by atoms with Gasteiger partial charge >= 0.3 is 17.9 Å². The number of ketones is 1. The van der Waals surface area contributed by atoms with Crippen molar-refractivity contribution in [2.45, 2.75) is 82.0 Å². The van der Waals surface area contributed by atoms with E-state index in [1.54, 1.807) is 19.9 Å². The average molecular weight is 497 g/mol. The second-order valence-electron chi connectivity index (χ2n) is 10.1. The summed E-state index contributed by atoms with van der Waals surface area (Å²) in [6.45, 7) is 11.1. The van der Waals surface area contributed by atoms with Crippen molar-refractivity contribution in [1.29, 1.82) is 0 Å². The molecule has 1 spiro atoms. The van der Waals surface area contributed by atoms with E-state index in [2.05, 4.69) is 6.58 Å². The number of carbonyl (C=O) groups is 4. The van der Waals surface area contributed by atoms with E-state index < -0.39 is 81.9 Å². The SMILES string of the molecule is C=C1C[C@@H](O)[C@H]2O[C@]3([C@@H](C)C(=O)O[C@H]3[C@H]1Cl)[C@@H](OC(C)=O)[C@@H]1[C@]2(C)C=CC(=O)[C@@]1(C)OC(C)=O. The molecule has 186 valence electrons. The molecular formula is C24H29ClO9. The van der Waals surface area contributed by atoms with E-state index in [-0.39, 0.29) is 6.42 Å². The lowest BCUT2D eigenvalue weighted by Crippen LogP contribution is -2.77.